The van der Waals surface area contributed by atoms with Gasteiger partial charge in [-0.3, -0.25) is 0 Å². The zero-order valence-electron chi connectivity index (χ0n) is 12.8. The standard InChI is InChI=1S/C16H22N2O2/c1-10(2)9-11-7-6-8-12-13(11)17-14(16(3,4)5)18(12)15(19)20/h6-8,10H,9H2,1-5H3,(H,19,20). The molecule has 0 atom stereocenters. The van der Waals surface area contributed by atoms with Crippen molar-refractivity contribution >= 4 is 17.1 Å². The molecule has 2 rings (SSSR count). The highest BCUT2D eigenvalue weighted by Crippen LogP contribution is 2.28. The van der Waals surface area contributed by atoms with Crippen LogP contribution in [0.5, 0.6) is 0 Å². The van der Waals surface area contributed by atoms with Crippen LogP contribution >= 0.6 is 0 Å². The van der Waals surface area contributed by atoms with Gasteiger partial charge in [0, 0.05) is 5.41 Å². The van der Waals surface area contributed by atoms with Gasteiger partial charge >= 0.3 is 6.09 Å². The Hall–Kier alpha value is -1.84. The third-order valence-electron chi connectivity index (χ3n) is 3.26. The molecule has 4 heteroatoms. The van der Waals surface area contributed by atoms with Crippen molar-refractivity contribution in [3.8, 4) is 0 Å². The molecule has 4 nitrogen and oxygen atoms in total. The van der Waals surface area contributed by atoms with Crippen molar-refractivity contribution in [2.24, 2.45) is 5.92 Å². The predicted molar refractivity (Wildman–Crippen MR) is 80.4 cm³/mol. The van der Waals surface area contributed by atoms with Gasteiger partial charge in [0.25, 0.3) is 0 Å². The average Bonchev–Trinajstić information content (AvgIpc) is 2.68. The summed E-state index contributed by atoms with van der Waals surface area (Å²) in [5.41, 5.74) is 2.30. The maximum Gasteiger partial charge on any atom is 0.417 e. The van der Waals surface area contributed by atoms with Crippen molar-refractivity contribution in [1.29, 1.82) is 0 Å². The molecule has 0 fully saturated rings. The minimum absolute atomic E-state index is 0.313. The van der Waals surface area contributed by atoms with Crippen LogP contribution in [0.1, 0.15) is 46.0 Å². The van der Waals surface area contributed by atoms with Gasteiger partial charge in [-0.1, -0.05) is 46.8 Å². The maximum absolute atomic E-state index is 11.6. The van der Waals surface area contributed by atoms with Gasteiger partial charge in [-0.25, -0.2) is 14.3 Å². The molecule has 0 saturated carbocycles. The number of fused-ring (bicyclic) bond motifs is 1. The fraction of sp³-hybridized carbons (Fsp3) is 0.500. The first-order valence-electron chi connectivity index (χ1n) is 6.96. The zero-order valence-corrected chi connectivity index (χ0v) is 12.8. The SMILES string of the molecule is CC(C)Cc1cccc2c1nc(C(C)(C)C)n2C(=O)O. The lowest BCUT2D eigenvalue weighted by molar-refractivity contribution is 0.195. The first-order chi connectivity index (χ1) is 9.21. The second kappa shape index (κ2) is 4.93. The highest BCUT2D eigenvalue weighted by atomic mass is 16.4. The van der Waals surface area contributed by atoms with E-state index in [4.69, 9.17) is 0 Å². The molecule has 108 valence electrons. The molecule has 0 bridgehead atoms. The predicted octanol–water partition coefficient (Wildman–Crippen LogP) is 4.06. The van der Waals surface area contributed by atoms with Crippen LogP contribution in [0.3, 0.4) is 0 Å². The number of carbonyl (C=O) groups is 1. The number of imidazole rings is 1. The number of hydrogen-bond donors (Lipinski definition) is 1. The lowest BCUT2D eigenvalue weighted by Gasteiger charge is -2.17. The van der Waals surface area contributed by atoms with Crippen molar-refractivity contribution < 1.29 is 9.90 Å². The molecule has 0 unspecified atom stereocenters. The summed E-state index contributed by atoms with van der Waals surface area (Å²) in [6.45, 7) is 10.2. The Kier molecular flexibility index (Phi) is 3.59. The largest absolute Gasteiger partial charge is 0.464 e. The number of rotatable bonds is 2. The van der Waals surface area contributed by atoms with Crippen molar-refractivity contribution in [2.75, 3.05) is 0 Å². The third-order valence-corrected chi connectivity index (χ3v) is 3.26. The van der Waals surface area contributed by atoms with Crippen LogP contribution in [0.15, 0.2) is 18.2 Å². The second-order valence-corrected chi connectivity index (χ2v) is 6.69. The first-order valence-corrected chi connectivity index (χ1v) is 6.96. The van der Waals surface area contributed by atoms with E-state index in [2.05, 4.69) is 18.8 Å². The number of benzene rings is 1. The van der Waals surface area contributed by atoms with Gasteiger partial charge in [0.2, 0.25) is 0 Å². The van der Waals surface area contributed by atoms with Crippen LogP contribution < -0.4 is 0 Å². The fourth-order valence-electron chi connectivity index (χ4n) is 2.46. The summed E-state index contributed by atoms with van der Waals surface area (Å²) in [6.07, 6.45) is -0.0727. The van der Waals surface area contributed by atoms with Crippen molar-refractivity contribution in [3.63, 3.8) is 0 Å². The highest BCUT2D eigenvalue weighted by Gasteiger charge is 2.26. The van der Waals surface area contributed by atoms with Crippen LogP contribution in [0.4, 0.5) is 4.79 Å². The fourth-order valence-corrected chi connectivity index (χ4v) is 2.46. The quantitative estimate of drug-likeness (QED) is 0.898. The van der Waals surface area contributed by atoms with E-state index in [0.29, 0.717) is 17.3 Å². The Bertz CT molecular complexity index is 648. The van der Waals surface area contributed by atoms with Crippen molar-refractivity contribution in [1.82, 2.24) is 9.55 Å². The Balaban J connectivity index is 2.76. The molecule has 0 saturated heterocycles. The van der Waals surface area contributed by atoms with Crippen LogP contribution in [-0.2, 0) is 11.8 Å². The maximum atomic E-state index is 11.6. The van der Waals surface area contributed by atoms with Crippen LogP contribution in [0, 0.1) is 5.92 Å². The number of hydrogen-bond acceptors (Lipinski definition) is 2. The molecule has 1 aromatic heterocycles. The molecule has 0 aliphatic rings. The van der Waals surface area contributed by atoms with E-state index >= 15 is 0 Å². The first kappa shape index (κ1) is 14.6. The van der Waals surface area contributed by atoms with E-state index < -0.39 is 6.09 Å². The summed E-state index contributed by atoms with van der Waals surface area (Å²) in [5, 5.41) is 9.51. The number of carboxylic acid groups (broad SMARTS) is 1. The van der Waals surface area contributed by atoms with Gasteiger partial charge < -0.3 is 5.11 Å². The topological polar surface area (TPSA) is 55.1 Å². The normalized spacial score (nSPS) is 12.3. The van der Waals surface area contributed by atoms with Gasteiger partial charge in [0.05, 0.1) is 11.0 Å². The molecule has 2 aromatic rings. The molecular weight excluding hydrogens is 252 g/mol. The van der Waals surface area contributed by atoms with Gasteiger partial charge in [-0.05, 0) is 24.0 Å². The van der Waals surface area contributed by atoms with E-state index in [1.54, 1.807) is 0 Å². The summed E-state index contributed by atoms with van der Waals surface area (Å²) >= 11 is 0. The Morgan fingerprint density at radius 1 is 1.35 bits per heavy atom. The van der Waals surface area contributed by atoms with Crippen molar-refractivity contribution in [2.45, 2.75) is 46.5 Å². The average molecular weight is 274 g/mol. The molecule has 1 aromatic carbocycles. The Morgan fingerprint density at radius 3 is 2.50 bits per heavy atom. The van der Waals surface area contributed by atoms with Crippen molar-refractivity contribution in [3.05, 3.63) is 29.6 Å². The molecule has 0 amide bonds. The van der Waals surface area contributed by atoms with E-state index in [1.165, 1.54) is 4.57 Å². The second-order valence-electron chi connectivity index (χ2n) is 6.69. The van der Waals surface area contributed by atoms with Gasteiger partial charge in [-0.15, -0.1) is 0 Å². The molecule has 1 heterocycles. The molecule has 0 aliphatic heterocycles. The Labute approximate surface area is 119 Å². The van der Waals surface area contributed by atoms with Gasteiger partial charge in [-0.2, -0.15) is 0 Å². The summed E-state index contributed by atoms with van der Waals surface area (Å²) in [4.78, 5) is 16.2. The minimum atomic E-state index is -0.973. The number of aromatic nitrogens is 2. The van der Waals surface area contributed by atoms with E-state index in [1.807, 2.05) is 39.0 Å². The summed E-state index contributed by atoms with van der Waals surface area (Å²) in [5.74, 6) is 1.10. The molecule has 20 heavy (non-hydrogen) atoms. The van der Waals surface area contributed by atoms with E-state index in [9.17, 15) is 9.90 Å². The highest BCUT2D eigenvalue weighted by molar-refractivity contribution is 5.88. The molecule has 0 spiro atoms. The Morgan fingerprint density at radius 2 is 2.00 bits per heavy atom. The summed E-state index contributed by atoms with van der Waals surface area (Å²) in [6, 6.07) is 5.77. The molecular formula is C16H22N2O2. The summed E-state index contributed by atoms with van der Waals surface area (Å²) in [7, 11) is 0. The van der Waals surface area contributed by atoms with Gasteiger partial charge in [0.15, 0.2) is 0 Å². The lowest BCUT2D eigenvalue weighted by atomic mass is 9.96. The minimum Gasteiger partial charge on any atom is -0.464 e. The molecule has 0 aliphatic carbocycles. The molecule has 1 N–H and O–H groups in total. The monoisotopic (exact) mass is 274 g/mol. The third kappa shape index (κ3) is 2.55. The van der Waals surface area contributed by atoms with Crippen LogP contribution in [0.25, 0.3) is 11.0 Å². The number of nitrogens with zero attached hydrogens (tertiary/aromatic N) is 2. The molecule has 0 radical (unpaired) electrons. The van der Waals surface area contributed by atoms with Gasteiger partial charge in [0.1, 0.15) is 5.82 Å². The summed E-state index contributed by atoms with van der Waals surface area (Å²) < 4.78 is 1.32. The van der Waals surface area contributed by atoms with Crippen LogP contribution in [0.2, 0.25) is 0 Å². The van der Waals surface area contributed by atoms with Crippen LogP contribution in [-0.4, -0.2) is 20.8 Å². The lowest BCUT2D eigenvalue weighted by Crippen LogP contribution is -2.22. The number of para-hydroxylation sites is 1. The zero-order chi connectivity index (χ0) is 15.1. The van der Waals surface area contributed by atoms with E-state index in [-0.39, 0.29) is 5.41 Å². The van der Waals surface area contributed by atoms with E-state index in [0.717, 1.165) is 17.5 Å². The smallest absolute Gasteiger partial charge is 0.417 e.